The third-order valence-corrected chi connectivity index (χ3v) is 5.36. The molecule has 1 unspecified atom stereocenters. The fourth-order valence-corrected chi connectivity index (χ4v) is 3.74. The van der Waals surface area contributed by atoms with E-state index in [-0.39, 0.29) is 23.9 Å². The Morgan fingerprint density at radius 1 is 1.00 bits per heavy atom. The zero-order valence-electron chi connectivity index (χ0n) is 16.2. The standard InChI is InChI=1S/C22H28N4O2/c1-15(24-21(27)20-9-5-6-17(20)14-23)16-10-12-19(13-11-16)26-22(28)25-18-7-3-2-4-8-18/h2-4,7-8,10-13,15,17,20H,5-6,9,14,23H2,1H3,(H,24,27)(H2,25,26,28)/t15?,17-,20-/m1/s1. The summed E-state index contributed by atoms with van der Waals surface area (Å²) in [6, 6.07) is 16.4. The average molecular weight is 380 g/mol. The molecule has 3 rings (SSSR count). The van der Waals surface area contributed by atoms with E-state index in [1.807, 2.05) is 61.5 Å². The van der Waals surface area contributed by atoms with E-state index in [0.717, 1.165) is 30.5 Å². The number of nitrogens with two attached hydrogens (primary N) is 1. The molecule has 0 heterocycles. The van der Waals surface area contributed by atoms with Crippen molar-refractivity contribution in [2.75, 3.05) is 17.2 Å². The van der Waals surface area contributed by atoms with E-state index >= 15 is 0 Å². The van der Waals surface area contributed by atoms with Gasteiger partial charge in [-0.05, 0) is 62.1 Å². The predicted octanol–water partition coefficient (Wildman–Crippen LogP) is 3.88. The fourth-order valence-electron chi connectivity index (χ4n) is 3.74. The zero-order valence-corrected chi connectivity index (χ0v) is 16.2. The van der Waals surface area contributed by atoms with Crippen molar-refractivity contribution in [2.45, 2.75) is 32.2 Å². The summed E-state index contributed by atoms with van der Waals surface area (Å²) in [7, 11) is 0. The van der Waals surface area contributed by atoms with Gasteiger partial charge in [-0.2, -0.15) is 0 Å². The number of para-hydroxylation sites is 1. The zero-order chi connectivity index (χ0) is 19.9. The number of urea groups is 1. The molecule has 0 aliphatic heterocycles. The maximum absolute atomic E-state index is 12.6. The number of anilines is 2. The second-order valence-electron chi connectivity index (χ2n) is 7.33. The molecule has 0 aromatic heterocycles. The largest absolute Gasteiger partial charge is 0.349 e. The van der Waals surface area contributed by atoms with E-state index < -0.39 is 0 Å². The Balaban J connectivity index is 1.53. The number of nitrogens with one attached hydrogen (secondary N) is 3. The number of amides is 3. The van der Waals surface area contributed by atoms with E-state index in [2.05, 4.69) is 16.0 Å². The van der Waals surface area contributed by atoms with Crippen LogP contribution in [0.4, 0.5) is 16.2 Å². The number of rotatable bonds is 6. The van der Waals surface area contributed by atoms with E-state index in [9.17, 15) is 9.59 Å². The van der Waals surface area contributed by atoms with Crippen LogP contribution in [0.5, 0.6) is 0 Å². The number of benzene rings is 2. The van der Waals surface area contributed by atoms with Gasteiger partial charge in [0.1, 0.15) is 0 Å². The molecule has 0 saturated heterocycles. The van der Waals surface area contributed by atoms with Crippen molar-refractivity contribution in [3.63, 3.8) is 0 Å². The molecule has 1 aliphatic carbocycles. The van der Waals surface area contributed by atoms with Gasteiger partial charge < -0.3 is 21.7 Å². The third kappa shape index (κ3) is 5.10. The Kier molecular flexibility index (Phi) is 6.66. The van der Waals surface area contributed by atoms with E-state index in [0.29, 0.717) is 18.2 Å². The second-order valence-corrected chi connectivity index (χ2v) is 7.33. The molecule has 0 spiro atoms. The molecule has 1 saturated carbocycles. The quantitative estimate of drug-likeness (QED) is 0.612. The second kappa shape index (κ2) is 9.37. The lowest BCUT2D eigenvalue weighted by Crippen LogP contribution is -2.36. The van der Waals surface area contributed by atoms with Crippen LogP contribution in [0.1, 0.15) is 37.8 Å². The SMILES string of the molecule is CC(NC(=O)[C@@H]1CCC[C@@H]1CN)c1ccc(NC(=O)Nc2ccccc2)cc1. The topological polar surface area (TPSA) is 96.2 Å². The minimum atomic E-state index is -0.297. The molecule has 2 aromatic carbocycles. The number of carbonyl (C=O) groups is 2. The molecule has 5 N–H and O–H groups in total. The van der Waals surface area contributed by atoms with Crippen molar-refractivity contribution in [1.82, 2.24) is 5.32 Å². The summed E-state index contributed by atoms with van der Waals surface area (Å²) in [5.41, 5.74) is 8.20. The van der Waals surface area contributed by atoms with Crippen LogP contribution < -0.4 is 21.7 Å². The van der Waals surface area contributed by atoms with Gasteiger partial charge in [0, 0.05) is 17.3 Å². The monoisotopic (exact) mass is 380 g/mol. The van der Waals surface area contributed by atoms with Gasteiger partial charge in [-0.15, -0.1) is 0 Å². The van der Waals surface area contributed by atoms with Crippen molar-refractivity contribution in [3.8, 4) is 0 Å². The number of hydrogen-bond donors (Lipinski definition) is 4. The van der Waals surface area contributed by atoms with Crippen LogP contribution in [0.3, 0.4) is 0 Å². The molecule has 0 radical (unpaired) electrons. The summed E-state index contributed by atoms with van der Waals surface area (Å²) < 4.78 is 0. The van der Waals surface area contributed by atoms with Gasteiger partial charge in [-0.1, -0.05) is 36.8 Å². The number of carbonyl (C=O) groups excluding carboxylic acids is 2. The van der Waals surface area contributed by atoms with Crippen molar-refractivity contribution in [3.05, 3.63) is 60.2 Å². The average Bonchev–Trinajstić information content (AvgIpc) is 3.18. The highest BCUT2D eigenvalue weighted by atomic mass is 16.2. The summed E-state index contributed by atoms with van der Waals surface area (Å²) >= 11 is 0. The normalized spacial score (nSPS) is 19.6. The van der Waals surface area contributed by atoms with Crippen LogP contribution in [0, 0.1) is 11.8 Å². The van der Waals surface area contributed by atoms with E-state index in [4.69, 9.17) is 5.73 Å². The van der Waals surface area contributed by atoms with Gasteiger partial charge in [-0.25, -0.2) is 4.79 Å². The fraction of sp³-hybridized carbons (Fsp3) is 0.364. The van der Waals surface area contributed by atoms with Gasteiger partial charge >= 0.3 is 6.03 Å². The summed E-state index contributed by atoms with van der Waals surface area (Å²) in [5, 5.41) is 8.68. The van der Waals surface area contributed by atoms with Crippen molar-refractivity contribution < 1.29 is 9.59 Å². The first-order valence-electron chi connectivity index (χ1n) is 9.80. The minimum Gasteiger partial charge on any atom is -0.349 e. The molecule has 148 valence electrons. The Morgan fingerprint density at radius 2 is 1.64 bits per heavy atom. The Labute approximate surface area is 165 Å². The molecule has 3 amide bonds. The smallest absolute Gasteiger partial charge is 0.323 e. The van der Waals surface area contributed by atoms with E-state index in [1.165, 1.54) is 0 Å². The molecule has 6 heteroatoms. The molecule has 6 nitrogen and oxygen atoms in total. The van der Waals surface area contributed by atoms with Crippen LogP contribution >= 0.6 is 0 Å². The van der Waals surface area contributed by atoms with Gasteiger partial charge in [0.15, 0.2) is 0 Å². The lowest BCUT2D eigenvalue weighted by atomic mass is 9.94. The first-order valence-corrected chi connectivity index (χ1v) is 9.80. The Morgan fingerprint density at radius 3 is 2.29 bits per heavy atom. The highest BCUT2D eigenvalue weighted by Gasteiger charge is 2.32. The summed E-state index contributed by atoms with van der Waals surface area (Å²) in [6.07, 6.45) is 3.02. The van der Waals surface area contributed by atoms with Crippen molar-refractivity contribution in [2.24, 2.45) is 17.6 Å². The molecule has 0 bridgehead atoms. The van der Waals surface area contributed by atoms with Gasteiger partial charge in [0.25, 0.3) is 0 Å². The highest BCUT2D eigenvalue weighted by Crippen LogP contribution is 2.31. The van der Waals surface area contributed by atoms with Gasteiger partial charge in [0.2, 0.25) is 5.91 Å². The lowest BCUT2D eigenvalue weighted by molar-refractivity contribution is -0.126. The lowest BCUT2D eigenvalue weighted by Gasteiger charge is -2.21. The van der Waals surface area contributed by atoms with Gasteiger partial charge in [0.05, 0.1) is 6.04 Å². The maximum Gasteiger partial charge on any atom is 0.323 e. The van der Waals surface area contributed by atoms with Crippen LogP contribution in [0.25, 0.3) is 0 Å². The van der Waals surface area contributed by atoms with Crippen LogP contribution in [0.15, 0.2) is 54.6 Å². The van der Waals surface area contributed by atoms with Gasteiger partial charge in [-0.3, -0.25) is 4.79 Å². The minimum absolute atomic E-state index is 0.0232. The highest BCUT2D eigenvalue weighted by molar-refractivity contribution is 5.99. The maximum atomic E-state index is 12.6. The first-order chi connectivity index (χ1) is 13.6. The molecule has 1 fully saturated rings. The molecular weight excluding hydrogens is 352 g/mol. The third-order valence-electron chi connectivity index (χ3n) is 5.36. The van der Waals surface area contributed by atoms with Crippen LogP contribution in [0.2, 0.25) is 0 Å². The molecule has 28 heavy (non-hydrogen) atoms. The summed E-state index contributed by atoms with van der Waals surface area (Å²) in [5.74, 6) is 0.405. The summed E-state index contributed by atoms with van der Waals surface area (Å²) in [4.78, 5) is 24.6. The molecular formula is C22H28N4O2. The molecule has 1 aliphatic rings. The van der Waals surface area contributed by atoms with Crippen LogP contribution in [-0.2, 0) is 4.79 Å². The first kappa shape index (κ1) is 19.9. The summed E-state index contributed by atoms with van der Waals surface area (Å²) in [6.45, 7) is 2.53. The molecule has 3 atom stereocenters. The molecule has 2 aromatic rings. The Bertz CT molecular complexity index is 792. The van der Waals surface area contributed by atoms with Crippen molar-refractivity contribution >= 4 is 23.3 Å². The van der Waals surface area contributed by atoms with E-state index in [1.54, 1.807) is 0 Å². The van der Waals surface area contributed by atoms with Crippen LogP contribution in [-0.4, -0.2) is 18.5 Å². The predicted molar refractivity (Wildman–Crippen MR) is 112 cm³/mol. The Hall–Kier alpha value is -2.86. The number of hydrogen-bond acceptors (Lipinski definition) is 3. The van der Waals surface area contributed by atoms with Crippen molar-refractivity contribution in [1.29, 1.82) is 0 Å².